The Kier molecular flexibility index (Phi) is 17.7. The standard InChI is InChI=1S/C112H108N4O/c1-18-19-20-22-29-70-38-40-72(41-39-70)74-44-52-80(53-45-74)114(82-33-28-35-84(67-82)116-98-60-48-77(109(8,9)10)64-92(98)93-65-78(110(11,12)13)49-61-99(93)116)86-55-57-88-95(69-86)112(16,17)105-103(88)106-102(89-36-25-26-37-100(89)117-106)101-87-56-54-85(68-94(87)111(14,15)104(101)105)113(79-50-42-73(43-51-79)71-30-23-21-24-31-71)81-32-27-34-83(66-81)115-96-58-46-75(107(2,3)4)62-90(96)91-63-76(108(5,6)7)47-59-97(91)115/h21,23-28,30-69H,18-20,22,29H2,1-17H3. The summed E-state index contributed by atoms with van der Waals surface area (Å²) in [7, 11) is 0. The summed E-state index contributed by atoms with van der Waals surface area (Å²) in [6.45, 7) is 40.1. The molecule has 0 amide bonds. The molecule has 5 heteroatoms. The van der Waals surface area contributed by atoms with E-state index in [1.54, 1.807) is 0 Å². The van der Waals surface area contributed by atoms with Crippen LogP contribution >= 0.6 is 0 Å². The Bertz CT molecular complexity index is 6660. The molecule has 0 fully saturated rings. The number of furan rings is 1. The van der Waals surface area contributed by atoms with Gasteiger partial charge in [-0.2, -0.15) is 0 Å². The second kappa shape index (κ2) is 27.6. The molecule has 0 bridgehead atoms. The molecule has 0 aliphatic heterocycles. The second-order valence-corrected chi connectivity index (χ2v) is 38.8. The first-order valence-electron chi connectivity index (χ1n) is 42.7. The van der Waals surface area contributed by atoms with Gasteiger partial charge in [-0.15, -0.1) is 0 Å². The van der Waals surface area contributed by atoms with Crippen molar-refractivity contribution in [1.29, 1.82) is 0 Å². The molecule has 3 aromatic heterocycles. The van der Waals surface area contributed by atoms with E-state index >= 15 is 0 Å². The molecular formula is C112H108N4O. The number of fused-ring (bicyclic) bond motifs is 18. The van der Waals surface area contributed by atoms with Gasteiger partial charge in [0.25, 0.3) is 0 Å². The van der Waals surface area contributed by atoms with E-state index in [4.69, 9.17) is 4.42 Å². The van der Waals surface area contributed by atoms with Crippen LogP contribution in [0.25, 0.3) is 121 Å². The van der Waals surface area contributed by atoms with E-state index in [1.165, 1.54) is 169 Å². The minimum atomic E-state index is -0.497. The molecule has 14 aromatic carbocycles. The van der Waals surface area contributed by atoms with Gasteiger partial charge in [-0.3, -0.25) is 0 Å². The number of nitrogens with zero attached hydrogens (tertiary/aromatic N) is 4. The summed E-state index contributed by atoms with van der Waals surface area (Å²) in [5.74, 6) is 0. The molecule has 0 N–H and O–H groups in total. The molecule has 582 valence electrons. The van der Waals surface area contributed by atoms with Gasteiger partial charge in [0.1, 0.15) is 11.2 Å². The molecule has 0 saturated heterocycles. The first kappa shape index (κ1) is 75.1. The first-order chi connectivity index (χ1) is 56.0. The molecule has 2 aliphatic rings. The number of hydrogen-bond acceptors (Lipinski definition) is 3. The highest BCUT2D eigenvalue weighted by Crippen LogP contribution is 2.64. The van der Waals surface area contributed by atoms with Crippen molar-refractivity contribution in [2.24, 2.45) is 0 Å². The van der Waals surface area contributed by atoms with Gasteiger partial charge < -0.3 is 23.4 Å². The fraction of sp³-hybridized carbons (Fsp3) is 0.250. The lowest BCUT2D eigenvalue weighted by Gasteiger charge is -2.32. The Balaban J connectivity index is 0.764. The first-order valence-corrected chi connectivity index (χ1v) is 42.7. The summed E-state index contributed by atoms with van der Waals surface area (Å²) in [6.07, 6.45) is 6.16. The maximum absolute atomic E-state index is 7.44. The molecule has 0 unspecified atom stereocenters. The molecule has 19 rings (SSSR count). The van der Waals surface area contributed by atoms with E-state index in [-0.39, 0.29) is 21.7 Å². The Morgan fingerprint density at radius 3 is 1.12 bits per heavy atom. The average Bonchev–Trinajstić information content (AvgIpc) is 1.50. The second-order valence-electron chi connectivity index (χ2n) is 38.8. The van der Waals surface area contributed by atoms with Crippen molar-refractivity contribution in [2.75, 3.05) is 9.80 Å². The highest BCUT2D eigenvalue weighted by atomic mass is 16.3. The van der Waals surface area contributed by atoms with Crippen LogP contribution in [0.3, 0.4) is 0 Å². The van der Waals surface area contributed by atoms with Gasteiger partial charge in [0, 0.05) is 94.2 Å². The smallest absolute Gasteiger partial charge is 0.144 e. The fourth-order valence-corrected chi connectivity index (χ4v) is 19.6. The van der Waals surface area contributed by atoms with Gasteiger partial charge in [-0.1, -0.05) is 283 Å². The molecule has 0 radical (unpaired) electrons. The number of hydrogen-bond donors (Lipinski definition) is 0. The highest BCUT2D eigenvalue weighted by Gasteiger charge is 2.49. The Morgan fingerprint density at radius 1 is 0.316 bits per heavy atom. The van der Waals surface area contributed by atoms with Crippen LogP contribution in [0.15, 0.2) is 290 Å². The minimum Gasteiger partial charge on any atom is -0.455 e. The zero-order chi connectivity index (χ0) is 81.1. The largest absolute Gasteiger partial charge is 0.455 e. The van der Waals surface area contributed by atoms with Crippen LogP contribution in [-0.4, -0.2) is 9.13 Å². The van der Waals surface area contributed by atoms with E-state index in [9.17, 15) is 0 Å². The third kappa shape index (κ3) is 12.6. The summed E-state index contributed by atoms with van der Waals surface area (Å²) in [5.41, 5.74) is 36.0. The normalized spacial score (nSPS) is 13.8. The number of anilines is 6. The summed E-state index contributed by atoms with van der Waals surface area (Å²) in [6, 6.07) is 109. The number of aromatic nitrogens is 2. The monoisotopic (exact) mass is 1520 g/mol. The quantitative estimate of drug-likeness (QED) is 0.0958. The predicted molar refractivity (Wildman–Crippen MR) is 500 cm³/mol. The van der Waals surface area contributed by atoms with Crippen molar-refractivity contribution >= 4 is 99.7 Å². The number of aryl methyl sites for hydroxylation is 1. The van der Waals surface area contributed by atoms with Crippen LogP contribution in [0, 0.1) is 0 Å². The van der Waals surface area contributed by atoms with Gasteiger partial charge in [-0.05, 0) is 263 Å². The molecule has 2 aliphatic carbocycles. The van der Waals surface area contributed by atoms with E-state index in [2.05, 4.69) is 422 Å². The Hall–Kier alpha value is -11.9. The van der Waals surface area contributed by atoms with Gasteiger partial charge in [0.05, 0.1) is 22.1 Å². The van der Waals surface area contributed by atoms with Crippen LogP contribution in [-0.2, 0) is 38.9 Å². The van der Waals surface area contributed by atoms with E-state index in [1.807, 2.05) is 0 Å². The van der Waals surface area contributed by atoms with E-state index in [0.717, 1.165) is 68.5 Å². The molecular weight excluding hydrogens is 1420 g/mol. The van der Waals surface area contributed by atoms with E-state index < -0.39 is 10.8 Å². The molecule has 0 spiro atoms. The number of para-hydroxylation sites is 1. The lowest BCUT2D eigenvalue weighted by Crippen LogP contribution is -2.24. The number of benzene rings is 14. The van der Waals surface area contributed by atoms with Crippen LogP contribution in [0.4, 0.5) is 34.1 Å². The van der Waals surface area contributed by atoms with Crippen LogP contribution < -0.4 is 9.80 Å². The van der Waals surface area contributed by atoms with Crippen LogP contribution in [0.5, 0.6) is 0 Å². The highest BCUT2D eigenvalue weighted by molar-refractivity contribution is 6.21. The average molecular weight is 1530 g/mol. The molecule has 17 aromatic rings. The van der Waals surface area contributed by atoms with Crippen molar-refractivity contribution in [3.8, 4) is 55.9 Å². The summed E-state index contributed by atoms with van der Waals surface area (Å²) < 4.78 is 12.4. The zero-order valence-electron chi connectivity index (χ0n) is 71.4. The molecule has 117 heavy (non-hydrogen) atoms. The maximum Gasteiger partial charge on any atom is 0.144 e. The van der Waals surface area contributed by atoms with Gasteiger partial charge in [0.15, 0.2) is 0 Å². The topological polar surface area (TPSA) is 29.5 Å². The van der Waals surface area contributed by atoms with Crippen molar-refractivity contribution in [3.05, 3.63) is 335 Å². The SMILES string of the molecule is CCCCCCc1ccc(-c2ccc(N(c3cccc(-n4c5ccc(C(C)(C)C)cc5c5cc(C(C)(C)C)ccc54)c3)c3ccc4c(c3)C(C)(C)c3c5c(c6c(oc7ccccc76)c3-4)-c3ccc(N(c4ccc(-c6ccccc6)cc4)c4cccc(-n6c7ccc(C(C)(C)C)cc7c7cc(C(C)(C)C)ccc76)c4)cc3C5(C)C)cc2)cc1. The van der Waals surface area contributed by atoms with Gasteiger partial charge >= 0.3 is 0 Å². The van der Waals surface area contributed by atoms with Crippen molar-refractivity contribution in [1.82, 2.24) is 9.13 Å². The van der Waals surface area contributed by atoms with E-state index in [0.29, 0.717) is 0 Å². The molecule has 3 heterocycles. The van der Waals surface area contributed by atoms with Gasteiger partial charge in [-0.25, -0.2) is 0 Å². The zero-order valence-corrected chi connectivity index (χ0v) is 71.4. The van der Waals surface area contributed by atoms with Crippen molar-refractivity contribution in [2.45, 2.75) is 182 Å². The predicted octanol–water partition coefficient (Wildman–Crippen LogP) is 32.0. The Labute approximate surface area is 691 Å². The lowest BCUT2D eigenvalue weighted by atomic mass is 9.72. The third-order valence-corrected chi connectivity index (χ3v) is 26.1. The van der Waals surface area contributed by atoms with Crippen LogP contribution in [0.1, 0.15) is 193 Å². The molecule has 0 atom stereocenters. The summed E-state index contributed by atoms with van der Waals surface area (Å²) in [4.78, 5) is 4.99. The Morgan fingerprint density at radius 2 is 0.692 bits per heavy atom. The van der Waals surface area contributed by atoms with Gasteiger partial charge in [0.2, 0.25) is 0 Å². The third-order valence-electron chi connectivity index (χ3n) is 26.1. The van der Waals surface area contributed by atoms with Crippen molar-refractivity contribution < 1.29 is 4.42 Å². The lowest BCUT2D eigenvalue weighted by molar-refractivity contribution is 0.590. The minimum absolute atomic E-state index is 0.0169. The summed E-state index contributed by atoms with van der Waals surface area (Å²) in [5, 5.41) is 7.41. The number of rotatable bonds is 15. The fourth-order valence-electron chi connectivity index (χ4n) is 19.6. The molecule has 5 nitrogen and oxygen atoms in total. The summed E-state index contributed by atoms with van der Waals surface area (Å²) >= 11 is 0. The maximum atomic E-state index is 7.44. The van der Waals surface area contributed by atoms with Crippen molar-refractivity contribution in [3.63, 3.8) is 0 Å². The van der Waals surface area contributed by atoms with Crippen LogP contribution in [0.2, 0.25) is 0 Å². The number of unbranched alkanes of at least 4 members (excludes halogenated alkanes) is 3. The molecule has 0 saturated carbocycles.